The second kappa shape index (κ2) is 8.18. The molecule has 0 aliphatic rings. The van der Waals surface area contributed by atoms with Crippen molar-refractivity contribution in [2.24, 2.45) is 0 Å². The maximum atomic E-state index is 11.8. The third-order valence-corrected chi connectivity index (χ3v) is 2.06. The topological polar surface area (TPSA) is 110 Å². The number of carbonyl (C=O) groups excluding carboxylic acids is 3. The lowest BCUT2D eigenvalue weighted by Gasteiger charge is -2.20. The SMILES string of the molecule is CC(=O)CC(=O)NCC=C(CC(=O)O)C(=O)OC(C)(C)C. The molecule has 0 heterocycles. The van der Waals surface area contributed by atoms with Crippen molar-refractivity contribution in [3.8, 4) is 0 Å². The number of carboxylic acids is 1. The Labute approximate surface area is 123 Å². The molecule has 118 valence electrons. The molecule has 0 aromatic heterocycles. The maximum absolute atomic E-state index is 11.8. The second-order valence-corrected chi connectivity index (χ2v) is 5.48. The summed E-state index contributed by atoms with van der Waals surface area (Å²) >= 11 is 0. The lowest BCUT2D eigenvalue weighted by atomic mass is 10.1. The molecule has 0 bridgehead atoms. The number of carboxylic acid groups (broad SMARTS) is 1. The van der Waals surface area contributed by atoms with Crippen molar-refractivity contribution in [3.05, 3.63) is 11.6 Å². The highest BCUT2D eigenvalue weighted by atomic mass is 16.6. The van der Waals surface area contributed by atoms with Crippen LogP contribution in [-0.4, -0.2) is 40.9 Å². The number of carbonyl (C=O) groups is 4. The molecular weight excluding hydrogens is 278 g/mol. The van der Waals surface area contributed by atoms with Crippen LogP contribution in [0, 0.1) is 0 Å². The van der Waals surface area contributed by atoms with Gasteiger partial charge in [0.05, 0.1) is 12.8 Å². The van der Waals surface area contributed by atoms with Gasteiger partial charge in [-0.2, -0.15) is 0 Å². The number of Topliss-reactive ketones (excluding diaryl/α,β-unsaturated/α-hetero) is 1. The number of ketones is 1. The zero-order chi connectivity index (χ0) is 16.6. The Kier molecular flexibility index (Phi) is 7.33. The molecule has 0 saturated carbocycles. The Balaban J connectivity index is 4.71. The highest BCUT2D eigenvalue weighted by Gasteiger charge is 2.21. The van der Waals surface area contributed by atoms with Crippen LogP contribution in [0.2, 0.25) is 0 Å². The lowest BCUT2D eigenvalue weighted by Crippen LogP contribution is -2.28. The molecule has 0 rings (SSSR count). The highest BCUT2D eigenvalue weighted by Crippen LogP contribution is 2.13. The predicted molar refractivity (Wildman–Crippen MR) is 74.5 cm³/mol. The van der Waals surface area contributed by atoms with E-state index in [0.29, 0.717) is 0 Å². The van der Waals surface area contributed by atoms with Gasteiger partial charge in [0, 0.05) is 12.1 Å². The van der Waals surface area contributed by atoms with E-state index in [9.17, 15) is 19.2 Å². The monoisotopic (exact) mass is 299 g/mol. The van der Waals surface area contributed by atoms with Gasteiger partial charge in [-0.15, -0.1) is 0 Å². The number of amides is 1. The van der Waals surface area contributed by atoms with Crippen LogP contribution < -0.4 is 5.32 Å². The number of hydrogen-bond acceptors (Lipinski definition) is 5. The van der Waals surface area contributed by atoms with E-state index in [2.05, 4.69) is 5.32 Å². The minimum Gasteiger partial charge on any atom is -0.481 e. The number of nitrogens with one attached hydrogen (secondary N) is 1. The summed E-state index contributed by atoms with van der Waals surface area (Å²) in [6.07, 6.45) is 0.520. The molecule has 7 nitrogen and oxygen atoms in total. The number of hydrogen-bond donors (Lipinski definition) is 2. The summed E-state index contributed by atoms with van der Waals surface area (Å²) in [6, 6.07) is 0. The molecule has 21 heavy (non-hydrogen) atoms. The Morgan fingerprint density at radius 1 is 1.14 bits per heavy atom. The van der Waals surface area contributed by atoms with E-state index in [0.717, 1.165) is 0 Å². The number of ether oxygens (including phenoxy) is 1. The number of aliphatic carboxylic acids is 1. The molecule has 0 aliphatic heterocycles. The van der Waals surface area contributed by atoms with Crippen molar-refractivity contribution in [1.29, 1.82) is 0 Å². The Morgan fingerprint density at radius 3 is 2.14 bits per heavy atom. The van der Waals surface area contributed by atoms with E-state index in [1.54, 1.807) is 20.8 Å². The molecule has 0 saturated heterocycles. The third kappa shape index (κ3) is 10.3. The smallest absolute Gasteiger partial charge is 0.334 e. The molecule has 2 N–H and O–H groups in total. The number of rotatable bonds is 7. The summed E-state index contributed by atoms with van der Waals surface area (Å²) in [7, 11) is 0. The van der Waals surface area contributed by atoms with Crippen LogP contribution in [0.1, 0.15) is 40.5 Å². The summed E-state index contributed by atoms with van der Waals surface area (Å²) in [5.74, 6) is -2.69. The normalized spacial score (nSPS) is 11.7. The quantitative estimate of drug-likeness (QED) is 0.409. The molecule has 0 unspecified atom stereocenters. The van der Waals surface area contributed by atoms with Gasteiger partial charge < -0.3 is 15.2 Å². The fourth-order valence-electron chi connectivity index (χ4n) is 1.31. The maximum Gasteiger partial charge on any atom is 0.334 e. The van der Waals surface area contributed by atoms with Crippen molar-refractivity contribution in [2.45, 2.75) is 46.1 Å². The fraction of sp³-hybridized carbons (Fsp3) is 0.571. The first-order chi connectivity index (χ1) is 9.51. The van der Waals surface area contributed by atoms with Gasteiger partial charge in [0.1, 0.15) is 11.4 Å². The van der Waals surface area contributed by atoms with Crippen molar-refractivity contribution >= 4 is 23.6 Å². The minimum absolute atomic E-state index is 0.0476. The van der Waals surface area contributed by atoms with Gasteiger partial charge in [-0.05, 0) is 27.7 Å². The van der Waals surface area contributed by atoms with Gasteiger partial charge in [-0.25, -0.2) is 4.79 Å². The molecule has 0 atom stereocenters. The van der Waals surface area contributed by atoms with E-state index in [4.69, 9.17) is 9.84 Å². The van der Waals surface area contributed by atoms with Gasteiger partial charge in [-0.1, -0.05) is 6.08 Å². The van der Waals surface area contributed by atoms with E-state index in [-0.39, 0.29) is 24.3 Å². The Morgan fingerprint density at radius 2 is 1.71 bits per heavy atom. The summed E-state index contributed by atoms with van der Waals surface area (Å²) in [6.45, 7) is 6.23. The van der Waals surface area contributed by atoms with Crippen LogP contribution >= 0.6 is 0 Å². The molecule has 0 aromatic rings. The molecule has 0 fully saturated rings. The van der Waals surface area contributed by atoms with Gasteiger partial charge in [-0.3, -0.25) is 14.4 Å². The summed E-state index contributed by atoms with van der Waals surface area (Å²) < 4.78 is 5.09. The minimum atomic E-state index is -1.18. The van der Waals surface area contributed by atoms with Crippen LogP contribution in [0.4, 0.5) is 0 Å². The highest BCUT2D eigenvalue weighted by molar-refractivity contribution is 5.97. The largest absolute Gasteiger partial charge is 0.481 e. The third-order valence-electron chi connectivity index (χ3n) is 2.06. The first-order valence-electron chi connectivity index (χ1n) is 6.41. The average Bonchev–Trinajstić information content (AvgIpc) is 2.23. The average molecular weight is 299 g/mol. The first kappa shape index (κ1) is 18.8. The summed E-state index contributed by atoms with van der Waals surface area (Å²) in [4.78, 5) is 44.6. The summed E-state index contributed by atoms with van der Waals surface area (Å²) in [5, 5.41) is 11.2. The van der Waals surface area contributed by atoms with Crippen LogP contribution in [0.3, 0.4) is 0 Å². The predicted octanol–water partition coefficient (Wildman–Crippen LogP) is 0.824. The molecule has 0 spiro atoms. The van der Waals surface area contributed by atoms with E-state index in [1.807, 2.05) is 0 Å². The first-order valence-corrected chi connectivity index (χ1v) is 6.41. The van der Waals surface area contributed by atoms with Crippen molar-refractivity contribution in [2.75, 3.05) is 6.54 Å². The summed E-state index contributed by atoms with van der Waals surface area (Å²) in [5.41, 5.74) is -0.799. The second-order valence-electron chi connectivity index (χ2n) is 5.48. The Hall–Kier alpha value is -2.18. The lowest BCUT2D eigenvalue weighted by molar-refractivity contribution is -0.151. The Bertz CT molecular complexity index is 459. The fourth-order valence-corrected chi connectivity index (χ4v) is 1.31. The van der Waals surface area contributed by atoms with Gasteiger partial charge in [0.15, 0.2) is 0 Å². The van der Waals surface area contributed by atoms with Crippen molar-refractivity contribution in [3.63, 3.8) is 0 Å². The number of esters is 1. The molecule has 0 aromatic carbocycles. The van der Waals surface area contributed by atoms with Gasteiger partial charge >= 0.3 is 11.9 Å². The molecule has 0 aliphatic carbocycles. The zero-order valence-corrected chi connectivity index (χ0v) is 12.7. The van der Waals surface area contributed by atoms with Crippen molar-refractivity contribution in [1.82, 2.24) is 5.32 Å². The van der Waals surface area contributed by atoms with Crippen LogP contribution in [0.5, 0.6) is 0 Å². The van der Waals surface area contributed by atoms with Crippen LogP contribution in [0.25, 0.3) is 0 Å². The van der Waals surface area contributed by atoms with Gasteiger partial charge in [0.25, 0.3) is 0 Å². The van der Waals surface area contributed by atoms with E-state index >= 15 is 0 Å². The van der Waals surface area contributed by atoms with Crippen molar-refractivity contribution < 1.29 is 29.0 Å². The van der Waals surface area contributed by atoms with Crippen LogP contribution in [-0.2, 0) is 23.9 Å². The van der Waals surface area contributed by atoms with E-state index in [1.165, 1.54) is 13.0 Å². The molecule has 7 heteroatoms. The molecule has 0 radical (unpaired) electrons. The zero-order valence-electron chi connectivity index (χ0n) is 12.7. The standard InChI is InChI=1S/C14H21NO6/c1-9(16)7-11(17)15-6-5-10(8-12(18)19)13(20)21-14(2,3)4/h5H,6-8H2,1-4H3,(H,15,17)(H,18,19). The van der Waals surface area contributed by atoms with Gasteiger partial charge in [0.2, 0.25) is 5.91 Å². The molecule has 1 amide bonds. The van der Waals surface area contributed by atoms with Crippen LogP contribution in [0.15, 0.2) is 11.6 Å². The van der Waals surface area contributed by atoms with E-state index < -0.39 is 29.9 Å². The molecular formula is C14H21NO6.